The zero-order valence-corrected chi connectivity index (χ0v) is 19.2. The van der Waals surface area contributed by atoms with Gasteiger partial charge in [-0.3, -0.25) is 13.9 Å². The van der Waals surface area contributed by atoms with Crippen molar-refractivity contribution in [2.45, 2.75) is 6.54 Å². The smallest absolute Gasteiger partial charge is 0.329 e. The molecule has 1 aliphatic heterocycles. The summed E-state index contributed by atoms with van der Waals surface area (Å²) in [5.41, 5.74) is 4.44. The van der Waals surface area contributed by atoms with E-state index in [1.807, 2.05) is 47.4 Å². The van der Waals surface area contributed by atoms with Crippen molar-refractivity contribution in [2.24, 2.45) is 7.05 Å². The van der Waals surface area contributed by atoms with Crippen molar-refractivity contribution in [1.29, 1.82) is 0 Å². The zero-order valence-electron chi connectivity index (χ0n) is 19.2. The lowest BCUT2D eigenvalue weighted by atomic mass is 10.1. The van der Waals surface area contributed by atoms with Gasteiger partial charge in [-0.1, -0.05) is 30.3 Å². The first kappa shape index (κ1) is 21.7. The molecule has 174 valence electrons. The highest BCUT2D eigenvalue weighted by molar-refractivity contribution is 5.82. The summed E-state index contributed by atoms with van der Waals surface area (Å²) < 4.78 is 8.21. The SMILES string of the molecule is COc1ncc(-c2ccccc2N2CCN(C(=O)Cn3c(=O)n(C)c4ccccc43)CC2)cn1. The summed E-state index contributed by atoms with van der Waals surface area (Å²) in [5.74, 6) is -0.0463. The van der Waals surface area contributed by atoms with E-state index in [0.717, 1.165) is 27.8 Å². The molecule has 2 aromatic heterocycles. The number of anilines is 1. The van der Waals surface area contributed by atoms with Crippen LogP contribution in [-0.4, -0.2) is 63.2 Å². The van der Waals surface area contributed by atoms with Crippen molar-refractivity contribution in [1.82, 2.24) is 24.0 Å². The molecule has 1 amide bonds. The van der Waals surface area contributed by atoms with Gasteiger partial charge in [0.15, 0.2) is 0 Å². The van der Waals surface area contributed by atoms with Gasteiger partial charge in [-0.05, 0) is 18.2 Å². The highest BCUT2D eigenvalue weighted by Gasteiger charge is 2.24. The number of carbonyl (C=O) groups is 1. The van der Waals surface area contributed by atoms with Gasteiger partial charge in [-0.15, -0.1) is 0 Å². The summed E-state index contributed by atoms with van der Waals surface area (Å²) in [6.45, 7) is 2.62. The van der Waals surface area contributed by atoms with E-state index in [4.69, 9.17) is 4.74 Å². The third-order valence-electron chi connectivity index (χ3n) is 6.34. The van der Waals surface area contributed by atoms with Gasteiger partial charge in [-0.2, -0.15) is 0 Å². The Labute approximate surface area is 196 Å². The number of fused-ring (bicyclic) bond motifs is 1. The number of imidazole rings is 1. The Morgan fingerprint density at radius 1 is 0.941 bits per heavy atom. The van der Waals surface area contributed by atoms with Crippen LogP contribution in [0.5, 0.6) is 6.01 Å². The number of hydrogen-bond donors (Lipinski definition) is 0. The topological polar surface area (TPSA) is 85.5 Å². The van der Waals surface area contributed by atoms with E-state index in [2.05, 4.69) is 20.9 Å². The summed E-state index contributed by atoms with van der Waals surface area (Å²) in [5, 5.41) is 0. The summed E-state index contributed by atoms with van der Waals surface area (Å²) >= 11 is 0. The molecule has 1 saturated heterocycles. The minimum absolute atomic E-state index is 0.0416. The Morgan fingerprint density at radius 3 is 2.29 bits per heavy atom. The number of hydrogen-bond acceptors (Lipinski definition) is 6. The number of nitrogens with zero attached hydrogens (tertiary/aromatic N) is 6. The van der Waals surface area contributed by atoms with E-state index in [0.29, 0.717) is 32.2 Å². The molecule has 5 rings (SSSR count). The molecule has 0 unspecified atom stereocenters. The Morgan fingerprint density at radius 2 is 1.59 bits per heavy atom. The second-order valence-electron chi connectivity index (χ2n) is 8.26. The lowest BCUT2D eigenvalue weighted by molar-refractivity contribution is -0.132. The van der Waals surface area contributed by atoms with Crippen LogP contribution in [0.15, 0.2) is 65.7 Å². The fourth-order valence-electron chi connectivity index (χ4n) is 4.50. The molecule has 1 fully saturated rings. The van der Waals surface area contributed by atoms with Gasteiger partial charge in [0.2, 0.25) is 5.91 Å². The van der Waals surface area contributed by atoms with Crippen LogP contribution in [0.3, 0.4) is 0 Å². The van der Waals surface area contributed by atoms with Gasteiger partial charge < -0.3 is 14.5 Å². The van der Waals surface area contributed by atoms with Gasteiger partial charge >= 0.3 is 11.7 Å². The zero-order chi connectivity index (χ0) is 23.7. The summed E-state index contributed by atoms with van der Waals surface area (Å²) in [6.07, 6.45) is 3.51. The Kier molecular flexibility index (Phi) is 5.75. The molecule has 0 spiro atoms. The number of methoxy groups -OCH3 is 1. The van der Waals surface area contributed by atoms with Crippen molar-refractivity contribution in [2.75, 3.05) is 38.2 Å². The van der Waals surface area contributed by atoms with Crippen LogP contribution < -0.4 is 15.3 Å². The molecule has 34 heavy (non-hydrogen) atoms. The van der Waals surface area contributed by atoms with Gasteiger partial charge in [0, 0.05) is 62.4 Å². The van der Waals surface area contributed by atoms with E-state index in [9.17, 15) is 9.59 Å². The highest BCUT2D eigenvalue weighted by Crippen LogP contribution is 2.31. The van der Waals surface area contributed by atoms with Crippen LogP contribution in [0, 0.1) is 0 Å². The predicted octanol–water partition coefficient (Wildman–Crippen LogP) is 2.15. The number of piperazine rings is 1. The Balaban J connectivity index is 1.30. The molecule has 2 aromatic carbocycles. The molecule has 0 N–H and O–H groups in total. The van der Waals surface area contributed by atoms with Gasteiger partial charge in [0.25, 0.3) is 0 Å². The first-order valence-electron chi connectivity index (χ1n) is 11.2. The standard InChI is InChI=1S/C25H26N6O3/c1-28-21-9-5-6-10-22(21)31(25(28)33)17-23(32)30-13-11-29(12-14-30)20-8-4-3-7-19(20)18-15-26-24(34-2)27-16-18/h3-10,15-16H,11-14,17H2,1-2H3. The van der Waals surface area contributed by atoms with Gasteiger partial charge in [0.05, 0.1) is 18.1 Å². The minimum atomic E-state index is -0.177. The van der Waals surface area contributed by atoms with Crippen LogP contribution in [0.25, 0.3) is 22.2 Å². The van der Waals surface area contributed by atoms with Crippen molar-refractivity contribution in [3.63, 3.8) is 0 Å². The Hall–Kier alpha value is -4.14. The number of amides is 1. The number of carbonyl (C=O) groups excluding carboxylic acids is 1. The Bertz CT molecular complexity index is 1380. The fraction of sp³-hybridized carbons (Fsp3) is 0.280. The molecule has 0 radical (unpaired) electrons. The van der Waals surface area contributed by atoms with Crippen LogP contribution in [0.1, 0.15) is 0 Å². The van der Waals surface area contributed by atoms with E-state index < -0.39 is 0 Å². The number of aromatic nitrogens is 4. The maximum Gasteiger partial charge on any atom is 0.329 e. The molecule has 1 aliphatic rings. The fourth-order valence-corrected chi connectivity index (χ4v) is 4.50. The first-order valence-corrected chi connectivity index (χ1v) is 11.2. The summed E-state index contributed by atoms with van der Waals surface area (Å²) in [6, 6.07) is 16.0. The average molecular weight is 459 g/mol. The lowest BCUT2D eigenvalue weighted by Crippen LogP contribution is -2.50. The van der Waals surface area contributed by atoms with Crippen molar-refractivity contribution < 1.29 is 9.53 Å². The van der Waals surface area contributed by atoms with E-state index in [1.165, 1.54) is 0 Å². The van der Waals surface area contributed by atoms with Crippen LogP contribution in [0.4, 0.5) is 5.69 Å². The largest absolute Gasteiger partial charge is 0.467 e. The summed E-state index contributed by atoms with van der Waals surface area (Å²) in [7, 11) is 3.27. The first-order chi connectivity index (χ1) is 16.6. The minimum Gasteiger partial charge on any atom is -0.467 e. The van der Waals surface area contributed by atoms with Crippen LogP contribution in [-0.2, 0) is 18.4 Å². The molecule has 0 bridgehead atoms. The maximum atomic E-state index is 13.1. The summed E-state index contributed by atoms with van der Waals surface area (Å²) in [4.78, 5) is 38.3. The molecule has 0 aliphatic carbocycles. The van der Waals surface area contributed by atoms with Crippen molar-refractivity contribution in [3.05, 3.63) is 71.4 Å². The predicted molar refractivity (Wildman–Crippen MR) is 130 cm³/mol. The molecule has 0 atom stereocenters. The monoisotopic (exact) mass is 458 g/mol. The van der Waals surface area contributed by atoms with Crippen LogP contribution in [0.2, 0.25) is 0 Å². The third-order valence-corrected chi connectivity index (χ3v) is 6.34. The molecular weight excluding hydrogens is 432 g/mol. The van der Waals surface area contributed by atoms with Gasteiger partial charge in [0.1, 0.15) is 6.54 Å². The quantitative estimate of drug-likeness (QED) is 0.456. The maximum absolute atomic E-state index is 13.1. The van der Waals surface area contributed by atoms with Crippen molar-refractivity contribution in [3.8, 4) is 17.1 Å². The molecule has 4 aromatic rings. The highest BCUT2D eigenvalue weighted by atomic mass is 16.5. The van der Waals surface area contributed by atoms with E-state index >= 15 is 0 Å². The number of benzene rings is 2. The van der Waals surface area contributed by atoms with E-state index in [1.54, 1.807) is 35.7 Å². The van der Waals surface area contributed by atoms with Gasteiger partial charge in [-0.25, -0.2) is 14.8 Å². The molecule has 3 heterocycles. The third kappa shape index (κ3) is 3.89. The van der Waals surface area contributed by atoms with Crippen molar-refractivity contribution >= 4 is 22.6 Å². The second-order valence-corrected chi connectivity index (χ2v) is 8.26. The number of rotatable bonds is 5. The number of aryl methyl sites for hydroxylation is 1. The number of para-hydroxylation sites is 3. The number of ether oxygens (including phenoxy) is 1. The molecule has 9 nitrogen and oxygen atoms in total. The second kappa shape index (κ2) is 9.01. The normalized spacial score (nSPS) is 13.9. The molecule has 9 heteroatoms. The van der Waals surface area contributed by atoms with Crippen LogP contribution >= 0.6 is 0 Å². The average Bonchev–Trinajstić information content (AvgIpc) is 3.14. The van der Waals surface area contributed by atoms with E-state index in [-0.39, 0.29) is 18.1 Å². The molecular formula is C25H26N6O3. The molecule has 0 saturated carbocycles. The lowest BCUT2D eigenvalue weighted by Gasteiger charge is -2.37.